The number of methoxy groups -OCH3 is 1. The summed E-state index contributed by atoms with van der Waals surface area (Å²) in [6.45, 7) is 3.29. The number of hydrogen-bond donors (Lipinski definition) is 2. The lowest BCUT2D eigenvalue weighted by molar-refractivity contribution is -0.140. The molecule has 46 heavy (non-hydrogen) atoms. The van der Waals surface area contributed by atoms with E-state index in [1.54, 1.807) is 19.2 Å². The third-order valence-electron chi connectivity index (χ3n) is 6.86. The lowest BCUT2D eigenvalue weighted by Crippen LogP contribution is -2.61. The predicted octanol–water partition coefficient (Wildman–Crippen LogP) is 5.50. The number of nitrogens with one attached hydrogen (secondary N) is 2. The Morgan fingerprint density at radius 3 is 2.54 bits per heavy atom. The number of nitrogens with zero attached hydrogens (tertiary/aromatic N) is 4. The molecule has 4 amide bonds. The maximum Gasteiger partial charge on any atom is 0.331 e. The van der Waals surface area contributed by atoms with Crippen molar-refractivity contribution < 1.29 is 37.4 Å². The molecule has 2 aromatic carbocycles. The molecule has 1 fully saturated rings. The number of imide groups is 1. The standard InChI is InChI=1S/C31H28F2N6O6S/c1-17(2)38-15-23(29(42)39(31(38)43)21-7-4-18(32)5-8-21)28(41)35-19-6-9-25(24(33)12-19)45-22-10-11-34-26(14-22)37-30-36-20(16-46-30)13-27(40)44-3/h4-12,14,16-17,23H,13,15H2,1-3H3,(H,35,41)(H,34,36,37). The number of urea groups is 1. The Hall–Kier alpha value is -5.44. The first kappa shape index (κ1) is 32.0. The average molecular weight is 651 g/mol. The molecular weight excluding hydrogens is 622 g/mol. The van der Waals surface area contributed by atoms with Gasteiger partial charge >= 0.3 is 12.0 Å². The number of aromatic nitrogens is 2. The third-order valence-corrected chi connectivity index (χ3v) is 7.66. The van der Waals surface area contributed by atoms with Gasteiger partial charge in [0, 0.05) is 42.0 Å². The molecular formula is C31H28F2N6O6S. The van der Waals surface area contributed by atoms with Crippen LogP contribution in [-0.2, 0) is 25.5 Å². The van der Waals surface area contributed by atoms with Crippen LogP contribution >= 0.6 is 11.3 Å². The summed E-state index contributed by atoms with van der Waals surface area (Å²) >= 11 is 1.26. The van der Waals surface area contributed by atoms with Crippen molar-refractivity contribution in [3.63, 3.8) is 0 Å². The van der Waals surface area contributed by atoms with Crippen LogP contribution in [-0.4, -0.2) is 58.4 Å². The molecule has 238 valence electrons. The van der Waals surface area contributed by atoms with Gasteiger partial charge in [0.2, 0.25) is 11.8 Å². The minimum absolute atomic E-state index is 0.0302. The van der Waals surface area contributed by atoms with Gasteiger partial charge in [0.1, 0.15) is 23.3 Å². The van der Waals surface area contributed by atoms with Crippen molar-refractivity contribution in [3.05, 3.63) is 83.5 Å². The van der Waals surface area contributed by atoms with Crippen LogP contribution < -0.4 is 20.3 Å². The maximum absolute atomic E-state index is 15.1. The summed E-state index contributed by atoms with van der Waals surface area (Å²) in [7, 11) is 1.30. The van der Waals surface area contributed by atoms with Crippen LogP contribution in [0.15, 0.2) is 66.2 Å². The number of halogens is 2. The summed E-state index contributed by atoms with van der Waals surface area (Å²) < 4.78 is 39.0. The molecule has 15 heteroatoms. The van der Waals surface area contributed by atoms with E-state index in [4.69, 9.17) is 4.74 Å². The summed E-state index contributed by atoms with van der Waals surface area (Å²) in [6, 6.07) is 10.6. The molecule has 3 heterocycles. The zero-order chi connectivity index (χ0) is 33.0. The number of thiazole rings is 1. The maximum atomic E-state index is 15.1. The number of anilines is 4. The van der Waals surface area contributed by atoms with Crippen molar-refractivity contribution in [3.8, 4) is 11.5 Å². The first-order valence-corrected chi connectivity index (χ1v) is 14.8. The van der Waals surface area contributed by atoms with Crippen molar-refractivity contribution in [2.24, 2.45) is 5.92 Å². The van der Waals surface area contributed by atoms with E-state index in [1.165, 1.54) is 65.9 Å². The minimum Gasteiger partial charge on any atom is -0.469 e. The molecule has 0 bridgehead atoms. The molecule has 0 spiro atoms. The smallest absolute Gasteiger partial charge is 0.331 e. The fourth-order valence-corrected chi connectivity index (χ4v) is 5.24. The van der Waals surface area contributed by atoms with Crippen molar-refractivity contribution in [1.29, 1.82) is 0 Å². The van der Waals surface area contributed by atoms with E-state index >= 15 is 4.39 Å². The van der Waals surface area contributed by atoms with Gasteiger partial charge in [-0.3, -0.25) is 14.4 Å². The first-order chi connectivity index (χ1) is 22.0. The Labute approximate surface area is 266 Å². The molecule has 1 aliphatic heterocycles. The lowest BCUT2D eigenvalue weighted by Gasteiger charge is -2.39. The van der Waals surface area contributed by atoms with Gasteiger partial charge < -0.3 is 25.0 Å². The van der Waals surface area contributed by atoms with E-state index in [0.29, 0.717) is 16.6 Å². The monoisotopic (exact) mass is 650 g/mol. The number of carbonyl (C=O) groups excluding carboxylic acids is 4. The highest BCUT2D eigenvalue weighted by molar-refractivity contribution is 7.13. The van der Waals surface area contributed by atoms with Crippen LogP contribution in [0.25, 0.3) is 0 Å². The molecule has 1 saturated heterocycles. The molecule has 2 aromatic heterocycles. The fraction of sp³-hybridized carbons (Fsp3) is 0.226. The Balaban J connectivity index is 1.26. The summed E-state index contributed by atoms with van der Waals surface area (Å²) in [5, 5.41) is 7.74. The highest BCUT2D eigenvalue weighted by atomic mass is 32.1. The van der Waals surface area contributed by atoms with Crippen LogP contribution in [0.4, 0.5) is 35.9 Å². The van der Waals surface area contributed by atoms with Gasteiger partial charge in [0.15, 0.2) is 16.7 Å². The minimum atomic E-state index is -1.30. The van der Waals surface area contributed by atoms with E-state index in [0.717, 1.165) is 23.1 Å². The van der Waals surface area contributed by atoms with Crippen molar-refractivity contribution >= 4 is 57.5 Å². The number of amides is 4. The molecule has 0 aliphatic carbocycles. The molecule has 1 atom stereocenters. The van der Waals surface area contributed by atoms with Crippen LogP contribution in [0.2, 0.25) is 0 Å². The largest absolute Gasteiger partial charge is 0.469 e. The predicted molar refractivity (Wildman–Crippen MR) is 165 cm³/mol. The third kappa shape index (κ3) is 7.26. The second-order valence-corrected chi connectivity index (χ2v) is 11.2. The Kier molecular flexibility index (Phi) is 9.51. The molecule has 4 aromatic rings. The SMILES string of the molecule is COC(=O)Cc1csc(Nc2cc(Oc3ccc(NC(=O)C4CN(C(C)C)C(=O)N(c5ccc(F)cc5)C4=O)cc3F)ccn2)n1. The van der Waals surface area contributed by atoms with Crippen LogP contribution in [0.3, 0.4) is 0 Å². The first-order valence-electron chi connectivity index (χ1n) is 13.9. The summed E-state index contributed by atoms with van der Waals surface area (Å²) in [4.78, 5) is 61.9. The van der Waals surface area contributed by atoms with Gasteiger partial charge in [-0.2, -0.15) is 0 Å². The van der Waals surface area contributed by atoms with Crippen LogP contribution in [0, 0.1) is 17.6 Å². The van der Waals surface area contributed by atoms with Crippen molar-refractivity contribution in [1.82, 2.24) is 14.9 Å². The zero-order valence-corrected chi connectivity index (χ0v) is 25.6. The van der Waals surface area contributed by atoms with Gasteiger partial charge in [0.05, 0.1) is 24.9 Å². The number of carbonyl (C=O) groups is 4. The number of hydrogen-bond acceptors (Lipinski definition) is 10. The Morgan fingerprint density at radius 1 is 1.09 bits per heavy atom. The molecule has 0 saturated carbocycles. The topological polar surface area (TPSA) is 143 Å². The molecule has 5 rings (SSSR count). The average Bonchev–Trinajstić information content (AvgIpc) is 3.45. The van der Waals surface area contributed by atoms with E-state index in [1.807, 2.05) is 0 Å². The number of esters is 1. The van der Waals surface area contributed by atoms with Gasteiger partial charge in [-0.25, -0.2) is 28.4 Å². The summed E-state index contributed by atoms with van der Waals surface area (Å²) in [5.74, 6) is -4.11. The lowest BCUT2D eigenvalue weighted by atomic mass is 10.0. The second-order valence-electron chi connectivity index (χ2n) is 10.4. The van der Waals surface area contributed by atoms with Gasteiger partial charge in [-0.15, -0.1) is 11.3 Å². The number of pyridine rings is 1. The molecule has 1 aliphatic rings. The van der Waals surface area contributed by atoms with Gasteiger partial charge in [-0.05, 0) is 56.3 Å². The van der Waals surface area contributed by atoms with Crippen molar-refractivity contribution in [2.45, 2.75) is 26.3 Å². The Morgan fingerprint density at radius 2 is 1.85 bits per heavy atom. The van der Waals surface area contributed by atoms with E-state index < -0.39 is 41.4 Å². The second kappa shape index (κ2) is 13.7. The highest BCUT2D eigenvalue weighted by Gasteiger charge is 2.44. The fourth-order valence-electron chi connectivity index (χ4n) is 4.52. The molecule has 12 nitrogen and oxygen atoms in total. The van der Waals surface area contributed by atoms with Crippen LogP contribution in [0.5, 0.6) is 11.5 Å². The Bertz CT molecular complexity index is 1780. The van der Waals surface area contributed by atoms with E-state index in [9.17, 15) is 23.6 Å². The van der Waals surface area contributed by atoms with Gasteiger partial charge in [-0.1, -0.05) is 0 Å². The highest BCUT2D eigenvalue weighted by Crippen LogP contribution is 2.30. The molecule has 2 N–H and O–H groups in total. The number of ether oxygens (including phenoxy) is 2. The molecule has 0 radical (unpaired) electrons. The summed E-state index contributed by atoms with van der Waals surface area (Å²) in [6.07, 6.45) is 1.48. The van der Waals surface area contributed by atoms with Crippen molar-refractivity contribution in [2.75, 3.05) is 29.2 Å². The summed E-state index contributed by atoms with van der Waals surface area (Å²) in [5.41, 5.74) is 0.717. The number of rotatable bonds is 10. The van der Waals surface area contributed by atoms with E-state index in [-0.39, 0.29) is 41.9 Å². The van der Waals surface area contributed by atoms with Gasteiger partial charge in [0.25, 0.3) is 0 Å². The van der Waals surface area contributed by atoms with E-state index in [2.05, 4.69) is 25.3 Å². The molecule has 1 unspecified atom stereocenters. The van der Waals surface area contributed by atoms with Crippen LogP contribution in [0.1, 0.15) is 19.5 Å². The zero-order valence-electron chi connectivity index (χ0n) is 24.8. The normalized spacial score (nSPS) is 14.8. The number of benzene rings is 2. The quantitative estimate of drug-likeness (QED) is 0.168.